The van der Waals surface area contributed by atoms with Crippen LogP contribution in [0.1, 0.15) is 37.8 Å². The van der Waals surface area contributed by atoms with E-state index < -0.39 is 0 Å². The van der Waals surface area contributed by atoms with Crippen LogP contribution in [0.25, 0.3) is 0 Å². The molecule has 1 fully saturated rings. The first-order chi connectivity index (χ1) is 8.70. The summed E-state index contributed by atoms with van der Waals surface area (Å²) in [4.78, 5) is 6.43. The van der Waals surface area contributed by atoms with Gasteiger partial charge in [0.1, 0.15) is 11.9 Å². The molecule has 0 aromatic carbocycles. The standard InChI is InChI=1S/C14H20N4/c1-18(10-11-5-3-2-4-6-11)14-8-7-12(16)13(9-15)17-14/h7-8,11H,2-6,10,16H2,1H3. The van der Waals surface area contributed by atoms with Crippen molar-refractivity contribution in [2.24, 2.45) is 5.92 Å². The fourth-order valence-electron chi connectivity index (χ4n) is 2.61. The molecule has 0 spiro atoms. The molecule has 2 rings (SSSR count). The number of nitrogens with zero attached hydrogens (tertiary/aromatic N) is 3. The van der Waals surface area contributed by atoms with Crippen molar-refractivity contribution in [1.29, 1.82) is 5.26 Å². The Hall–Kier alpha value is -1.76. The van der Waals surface area contributed by atoms with E-state index >= 15 is 0 Å². The zero-order valence-corrected chi connectivity index (χ0v) is 10.9. The number of hydrogen-bond acceptors (Lipinski definition) is 4. The van der Waals surface area contributed by atoms with E-state index in [4.69, 9.17) is 11.0 Å². The van der Waals surface area contributed by atoms with Gasteiger partial charge in [-0.15, -0.1) is 0 Å². The summed E-state index contributed by atoms with van der Waals surface area (Å²) in [6, 6.07) is 5.68. The molecule has 0 bridgehead atoms. The Morgan fingerprint density at radius 1 is 1.39 bits per heavy atom. The number of nitrogens with two attached hydrogens (primary N) is 1. The summed E-state index contributed by atoms with van der Waals surface area (Å²) in [6.45, 7) is 1.02. The molecule has 1 aliphatic carbocycles. The summed E-state index contributed by atoms with van der Waals surface area (Å²) in [5, 5.41) is 8.94. The predicted molar refractivity (Wildman–Crippen MR) is 73.2 cm³/mol. The van der Waals surface area contributed by atoms with Gasteiger partial charge in [-0.1, -0.05) is 19.3 Å². The first kappa shape index (κ1) is 12.7. The highest BCUT2D eigenvalue weighted by atomic mass is 15.2. The molecule has 1 aliphatic rings. The molecule has 18 heavy (non-hydrogen) atoms. The summed E-state index contributed by atoms with van der Waals surface area (Å²) in [5.41, 5.74) is 6.45. The molecule has 1 aromatic rings. The highest BCUT2D eigenvalue weighted by molar-refractivity contribution is 5.55. The Labute approximate surface area is 108 Å². The van der Waals surface area contributed by atoms with Crippen molar-refractivity contribution < 1.29 is 0 Å². The molecule has 4 heteroatoms. The van der Waals surface area contributed by atoms with Gasteiger partial charge in [-0.3, -0.25) is 0 Å². The molecule has 4 nitrogen and oxygen atoms in total. The highest BCUT2D eigenvalue weighted by Crippen LogP contribution is 2.25. The molecule has 1 heterocycles. The average Bonchev–Trinajstić information content (AvgIpc) is 2.40. The lowest BCUT2D eigenvalue weighted by molar-refractivity contribution is 0.361. The number of nitriles is 1. The number of pyridine rings is 1. The van der Waals surface area contributed by atoms with Gasteiger partial charge in [-0.25, -0.2) is 4.98 Å². The first-order valence-corrected chi connectivity index (χ1v) is 6.58. The molecular formula is C14H20N4. The van der Waals surface area contributed by atoms with Crippen molar-refractivity contribution in [2.75, 3.05) is 24.2 Å². The molecular weight excluding hydrogens is 224 g/mol. The second kappa shape index (κ2) is 5.72. The normalized spacial score (nSPS) is 16.2. The second-order valence-electron chi connectivity index (χ2n) is 5.10. The van der Waals surface area contributed by atoms with Crippen LogP contribution in [0.5, 0.6) is 0 Å². The Morgan fingerprint density at radius 2 is 2.11 bits per heavy atom. The van der Waals surface area contributed by atoms with Crippen LogP contribution in [0.2, 0.25) is 0 Å². The zero-order chi connectivity index (χ0) is 13.0. The molecule has 1 aromatic heterocycles. The minimum absolute atomic E-state index is 0.322. The van der Waals surface area contributed by atoms with Crippen LogP contribution in [0.3, 0.4) is 0 Å². The van der Waals surface area contributed by atoms with Crippen LogP contribution in [0.4, 0.5) is 11.5 Å². The van der Waals surface area contributed by atoms with E-state index in [1.807, 2.05) is 19.2 Å². The van der Waals surface area contributed by atoms with E-state index in [1.54, 1.807) is 6.07 Å². The minimum atomic E-state index is 0.322. The fourth-order valence-corrected chi connectivity index (χ4v) is 2.61. The average molecular weight is 244 g/mol. The molecule has 2 N–H and O–H groups in total. The lowest BCUT2D eigenvalue weighted by atomic mass is 9.89. The monoisotopic (exact) mass is 244 g/mol. The molecule has 0 aliphatic heterocycles. The molecule has 0 amide bonds. The maximum Gasteiger partial charge on any atom is 0.165 e. The van der Waals surface area contributed by atoms with Gasteiger partial charge in [0.2, 0.25) is 0 Å². The van der Waals surface area contributed by atoms with Crippen LogP contribution in [0.15, 0.2) is 12.1 Å². The van der Waals surface area contributed by atoms with E-state index in [1.165, 1.54) is 32.1 Å². The van der Waals surface area contributed by atoms with Gasteiger partial charge in [0.05, 0.1) is 5.69 Å². The van der Waals surface area contributed by atoms with Crippen molar-refractivity contribution in [3.63, 3.8) is 0 Å². The smallest absolute Gasteiger partial charge is 0.165 e. The van der Waals surface area contributed by atoms with Crippen LogP contribution in [-0.4, -0.2) is 18.6 Å². The largest absolute Gasteiger partial charge is 0.396 e. The zero-order valence-electron chi connectivity index (χ0n) is 10.9. The number of nitrogen functional groups attached to an aromatic ring is 1. The highest BCUT2D eigenvalue weighted by Gasteiger charge is 2.16. The topological polar surface area (TPSA) is 65.9 Å². The van der Waals surface area contributed by atoms with Gasteiger partial charge >= 0.3 is 0 Å². The maximum atomic E-state index is 8.94. The van der Waals surface area contributed by atoms with Crippen LogP contribution in [-0.2, 0) is 0 Å². The van der Waals surface area contributed by atoms with Gasteiger partial charge in [-0.05, 0) is 30.9 Å². The Bertz CT molecular complexity index is 444. The van der Waals surface area contributed by atoms with E-state index in [0.717, 1.165) is 18.3 Å². The van der Waals surface area contributed by atoms with Gasteiger partial charge < -0.3 is 10.6 Å². The predicted octanol–water partition coefficient (Wildman–Crippen LogP) is 2.55. The number of aromatic nitrogens is 1. The number of anilines is 2. The third-order valence-corrected chi connectivity index (χ3v) is 3.67. The van der Waals surface area contributed by atoms with Crippen molar-refractivity contribution in [2.45, 2.75) is 32.1 Å². The van der Waals surface area contributed by atoms with Gasteiger partial charge in [0.15, 0.2) is 5.69 Å². The van der Waals surface area contributed by atoms with Crippen molar-refractivity contribution in [3.05, 3.63) is 17.8 Å². The fraction of sp³-hybridized carbons (Fsp3) is 0.571. The van der Waals surface area contributed by atoms with Crippen LogP contribution < -0.4 is 10.6 Å². The summed E-state index contributed by atoms with van der Waals surface area (Å²) in [5.74, 6) is 1.60. The summed E-state index contributed by atoms with van der Waals surface area (Å²) in [7, 11) is 2.04. The van der Waals surface area contributed by atoms with Gasteiger partial charge in [-0.2, -0.15) is 5.26 Å². The third kappa shape index (κ3) is 2.92. The SMILES string of the molecule is CN(CC1CCCCC1)c1ccc(N)c(C#N)n1. The van der Waals surface area contributed by atoms with E-state index in [0.29, 0.717) is 11.4 Å². The molecule has 0 unspecified atom stereocenters. The van der Waals surface area contributed by atoms with E-state index in [2.05, 4.69) is 9.88 Å². The lowest BCUT2D eigenvalue weighted by Gasteiger charge is -2.27. The first-order valence-electron chi connectivity index (χ1n) is 6.58. The van der Waals surface area contributed by atoms with Crippen molar-refractivity contribution in [1.82, 2.24) is 4.98 Å². The quantitative estimate of drug-likeness (QED) is 0.887. The van der Waals surface area contributed by atoms with E-state index in [-0.39, 0.29) is 0 Å². The second-order valence-corrected chi connectivity index (χ2v) is 5.10. The third-order valence-electron chi connectivity index (χ3n) is 3.67. The Morgan fingerprint density at radius 3 is 2.78 bits per heavy atom. The summed E-state index contributed by atoms with van der Waals surface area (Å²) >= 11 is 0. The molecule has 0 saturated heterocycles. The lowest BCUT2D eigenvalue weighted by Crippen LogP contribution is -2.27. The molecule has 1 saturated carbocycles. The summed E-state index contributed by atoms with van der Waals surface area (Å²) in [6.07, 6.45) is 6.68. The Balaban J connectivity index is 2.04. The maximum absolute atomic E-state index is 8.94. The van der Waals surface area contributed by atoms with Crippen molar-refractivity contribution in [3.8, 4) is 6.07 Å². The van der Waals surface area contributed by atoms with Crippen molar-refractivity contribution >= 4 is 11.5 Å². The Kier molecular flexibility index (Phi) is 4.03. The molecule has 96 valence electrons. The number of rotatable bonds is 3. The summed E-state index contributed by atoms with van der Waals surface area (Å²) < 4.78 is 0. The molecule has 0 radical (unpaired) electrons. The van der Waals surface area contributed by atoms with Gasteiger partial charge in [0, 0.05) is 13.6 Å². The van der Waals surface area contributed by atoms with E-state index in [9.17, 15) is 0 Å². The number of hydrogen-bond donors (Lipinski definition) is 1. The van der Waals surface area contributed by atoms with Gasteiger partial charge in [0.25, 0.3) is 0 Å². The molecule has 0 atom stereocenters. The minimum Gasteiger partial charge on any atom is -0.396 e. The van der Waals surface area contributed by atoms with Crippen LogP contribution >= 0.6 is 0 Å². The van der Waals surface area contributed by atoms with Crippen LogP contribution in [0, 0.1) is 17.2 Å².